The smallest absolute Gasteiger partial charge is 0.264 e. The number of nitrogens with one attached hydrogen (secondary N) is 3. The molecule has 3 aromatic carbocycles. The zero-order chi connectivity index (χ0) is 46.4. The van der Waals surface area contributed by atoms with E-state index in [0.29, 0.717) is 87.1 Å². The third-order valence-electron chi connectivity index (χ3n) is 12.0. The van der Waals surface area contributed by atoms with E-state index < -0.39 is 35.1 Å². The van der Waals surface area contributed by atoms with Gasteiger partial charge in [-0.3, -0.25) is 44.0 Å². The molecule has 0 radical (unpaired) electrons. The van der Waals surface area contributed by atoms with Crippen LogP contribution < -0.4 is 16.4 Å². The molecular formula is C48H52N8O9. The standard InChI is InChI=1S/C48H52N8O9/c1-5-29-22-34-35(48(2,3)44-42(43(34)59)31-10-9-28(24-49)21-37(31)53-44)23-33(29)30(25-50)26-51-27-40(58)55(4)14-16-64-18-20-65-19-17-63-15-13-52-36-8-6-7-32-41(36)47(62)56(46(32)61)38-11-12-39(57)54-45(38)60/h6-10,21-23,25-26,38,52-53H,5,11-20,27,50H2,1-4H3,(H,54,57,60). The van der Waals surface area contributed by atoms with Gasteiger partial charge in [0.25, 0.3) is 11.8 Å². The van der Waals surface area contributed by atoms with Crippen LogP contribution in [-0.4, -0.2) is 129 Å². The van der Waals surface area contributed by atoms with Crippen LogP contribution in [0.4, 0.5) is 5.69 Å². The highest BCUT2D eigenvalue weighted by Crippen LogP contribution is 2.45. The quantitative estimate of drug-likeness (QED) is 0.0597. The van der Waals surface area contributed by atoms with Gasteiger partial charge in [0.05, 0.1) is 68.0 Å². The fourth-order valence-corrected chi connectivity index (χ4v) is 8.49. The van der Waals surface area contributed by atoms with Crippen molar-refractivity contribution in [1.29, 1.82) is 5.26 Å². The predicted octanol–water partition coefficient (Wildman–Crippen LogP) is 3.86. The molecule has 0 saturated carbocycles. The van der Waals surface area contributed by atoms with Gasteiger partial charge in [-0.1, -0.05) is 32.9 Å². The lowest BCUT2D eigenvalue weighted by Crippen LogP contribution is -2.54. The largest absolute Gasteiger partial charge is 0.404 e. The number of nitrogens with zero attached hydrogens (tertiary/aromatic N) is 4. The summed E-state index contributed by atoms with van der Waals surface area (Å²) in [7, 11) is 1.68. The topological polar surface area (TPSA) is 239 Å². The van der Waals surface area contributed by atoms with Crippen LogP contribution in [0.15, 0.2) is 59.7 Å². The van der Waals surface area contributed by atoms with Crippen molar-refractivity contribution in [1.82, 2.24) is 20.1 Å². The number of imide groups is 2. The Kier molecular flexibility index (Phi) is 14.0. The number of allylic oxidation sites excluding steroid dienone is 1. The number of aliphatic imine (C=N–C) groups is 1. The van der Waals surface area contributed by atoms with Gasteiger partial charge in [-0.05, 0) is 65.9 Å². The van der Waals surface area contributed by atoms with Crippen molar-refractivity contribution < 1.29 is 43.0 Å². The molecule has 3 heterocycles. The SMILES string of the molecule is CCc1cc2c(cc1C(C=NCC(=O)N(C)CCOCCOCCOCCNc1cccc3c1C(=O)N(C1CCC(=O)NC1=O)C3=O)=CN)C(C)(C)c1[nH]c3cc(C#N)ccc3c1C2=O. The summed E-state index contributed by atoms with van der Waals surface area (Å²) in [6.45, 7) is 8.63. The number of aromatic nitrogens is 1. The number of carbonyl (C=O) groups is 6. The molecule has 5 N–H and O–H groups in total. The summed E-state index contributed by atoms with van der Waals surface area (Å²) < 4.78 is 16.9. The highest BCUT2D eigenvalue weighted by atomic mass is 16.5. The van der Waals surface area contributed by atoms with Gasteiger partial charge in [-0.25, -0.2) is 0 Å². The average Bonchev–Trinajstić information content (AvgIpc) is 3.81. The third-order valence-corrected chi connectivity index (χ3v) is 12.0. The lowest BCUT2D eigenvalue weighted by atomic mass is 9.70. The van der Waals surface area contributed by atoms with E-state index in [1.807, 2.05) is 25.1 Å². The summed E-state index contributed by atoms with van der Waals surface area (Å²) >= 11 is 0. The molecule has 2 aliphatic heterocycles. The summed E-state index contributed by atoms with van der Waals surface area (Å²) in [4.78, 5) is 87.5. The zero-order valence-electron chi connectivity index (χ0n) is 36.9. The molecule has 4 aromatic rings. The first kappa shape index (κ1) is 46.0. The van der Waals surface area contributed by atoms with E-state index in [9.17, 15) is 34.0 Å². The van der Waals surface area contributed by atoms with Crippen LogP contribution in [0.3, 0.4) is 0 Å². The molecule has 5 amide bonds. The summed E-state index contributed by atoms with van der Waals surface area (Å²) in [5, 5.41) is 15.6. The normalized spacial score (nSPS) is 16.7. The first-order chi connectivity index (χ1) is 31.3. The first-order valence-electron chi connectivity index (χ1n) is 21.6. The Morgan fingerprint density at radius 3 is 2.43 bits per heavy atom. The van der Waals surface area contributed by atoms with Gasteiger partial charge < -0.3 is 35.1 Å². The van der Waals surface area contributed by atoms with E-state index in [4.69, 9.17) is 19.9 Å². The second-order valence-corrected chi connectivity index (χ2v) is 16.5. The lowest BCUT2D eigenvalue weighted by Gasteiger charge is -2.33. The second-order valence-electron chi connectivity index (χ2n) is 16.5. The van der Waals surface area contributed by atoms with Gasteiger partial charge >= 0.3 is 0 Å². The fraction of sp³-hybridized carbons (Fsp3) is 0.375. The van der Waals surface area contributed by atoms with Crippen LogP contribution in [0.1, 0.15) is 98.2 Å². The van der Waals surface area contributed by atoms with E-state index in [1.54, 1.807) is 42.4 Å². The number of ether oxygens (including phenoxy) is 3. The van der Waals surface area contributed by atoms with Gasteiger partial charge in [-0.15, -0.1) is 0 Å². The van der Waals surface area contributed by atoms with Gasteiger partial charge in [-0.2, -0.15) is 5.26 Å². The Hall–Kier alpha value is -7.00. The van der Waals surface area contributed by atoms with Gasteiger partial charge in [0, 0.05) is 77.8 Å². The molecular weight excluding hydrogens is 833 g/mol. The number of hydrogen-bond donors (Lipinski definition) is 4. The minimum Gasteiger partial charge on any atom is -0.404 e. The van der Waals surface area contributed by atoms with Crippen LogP contribution in [0, 0.1) is 11.3 Å². The average molecular weight is 885 g/mol. The molecule has 0 bridgehead atoms. The van der Waals surface area contributed by atoms with E-state index in [0.717, 1.165) is 38.2 Å². The van der Waals surface area contributed by atoms with Crippen molar-refractivity contribution in [3.63, 3.8) is 0 Å². The number of nitriles is 1. The maximum atomic E-state index is 14.0. The Morgan fingerprint density at radius 1 is 0.985 bits per heavy atom. The second kappa shape index (κ2) is 19.8. The van der Waals surface area contributed by atoms with Crippen molar-refractivity contribution in [3.8, 4) is 6.07 Å². The summed E-state index contributed by atoms with van der Waals surface area (Å²) in [6, 6.07) is 15.3. The molecule has 1 atom stereocenters. The molecule has 17 heteroatoms. The highest BCUT2D eigenvalue weighted by molar-refractivity contribution is 6.25. The van der Waals surface area contributed by atoms with Crippen molar-refractivity contribution in [2.75, 3.05) is 71.6 Å². The van der Waals surface area contributed by atoms with Crippen LogP contribution in [0.5, 0.6) is 0 Å². The molecule has 7 rings (SSSR count). The number of ketones is 1. The van der Waals surface area contributed by atoms with Crippen LogP contribution in [0.2, 0.25) is 0 Å². The number of aromatic amines is 1. The third kappa shape index (κ3) is 9.32. The van der Waals surface area contributed by atoms with Crippen molar-refractivity contribution in [2.24, 2.45) is 10.7 Å². The zero-order valence-corrected chi connectivity index (χ0v) is 36.9. The number of H-pyrrole nitrogens is 1. The Morgan fingerprint density at radius 2 is 1.72 bits per heavy atom. The fourth-order valence-electron chi connectivity index (χ4n) is 8.49. The number of fused-ring (bicyclic) bond motifs is 5. The molecule has 1 aromatic heterocycles. The van der Waals surface area contributed by atoms with Crippen LogP contribution >= 0.6 is 0 Å². The maximum absolute atomic E-state index is 14.0. The molecule has 3 aliphatic rings. The highest BCUT2D eigenvalue weighted by Gasteiger charge is 2.46. The minimum absolute atomic E-state index is 0.0470. The van der Waals surface area contributed by atoms with E-state index in [1.165, 1.54) is 12.3 Å². The Balaban J connectivity index is 0.799. The number of carbonyl (C=O) groups excluding carboxylic acids is 6. The number of likely N-dealkylation sites (N-methyl/N-ethyl adjacent to an activating group) is 1. The molecule has 1 saturated heterocycles. The molecule has 338 valence electrons. The van der Waals surface area contributed by atoms with Gasteiger partial charge in [0.2, 0.25) is 17.7 Å². The molecule has 1 unspecified atom stereocenters. The lowest BCUT2D eigenvalue weighted by molar-refractivity contribution is -0.136. The summed E-state index contributed by atoms with van der Waals surface area (Å²) in [6.07, 6.45) is 3.82. The Labute approximate surface area is 376 Å². The molecule has 65 heavy (non-hydrogen) atoms. The Bertz CT molecular complexity index is 2680. The van der Waals surface area contributed by atoms with E-state index in [2.05, 4.69) is 40.5 Å². The summed E-state index contributed by atoms with van der Waals surface area (Å²) in [5.41, 5.74) is 12.9. The molecule has 0 spiro atoms. The van der Waals surface area contributed by atoms with E-state index >= 15 is 0 Å². The van der Waals surface area contributed by atoms with Crippen LogP contribution in [-0.2, 0) is 40.4 Å². The number of piperidine rings is 1. The minimum atomic E-state index is -1.04. The van der Waals surface area contributed by atoms with Crippen molar-refractivity contribution >= 4 is 63.7 Å². The van der Waals surface area contributed by atoms with Crippen molar-refractivity contribution in [2.45, 2.75) is 51.5 Å². The molecule has 17 nitrogen and oxygen atoms in total. The number of aryl methyl sites for hydroxylation is 1. The van der Waals surface area contributed by atoms with E-state index in [-0.39, 0.29) is 42.2 Å². The number of rotatable bonds is 19. The number of benzene rings is 3. The van der Waals surface area contributed by atoms with Gasteiger partial charge in [0.15, 0.2) is 5.78 Å². The maximum Gasteiger partial charge on any atom is 0.264 e. The number of nitrogens with two attached hydrogens (primary N) is 1. The van der Waals surface area contributed by atoms with Gasteiger partial charge in [0.1, 0.15) is 12.6 Å². The predicted molar refractivity (Wildman–Crippen MR) is 242 cm³/mol. The monoisotopic (exact) mass is 884 g/mol. The number of hydrogen-bond acceptors (Lipinski definition) is 13. The summed E-state index contributed by atoms with van der Waals surface area (Å²) in [5.74, 6) is -2.52. The van der Waals surface area contributed by atoms with Crippen LogP contribution in [0.25, 0.3) is 16.5 Å². The van der Waals surface area contributed by atoms with Crippen molar-refractivity contribution in [3.05, 3.63) is 105 Å². The molecule has 1 fully saturated rings. The molecule has 1 aliphatic carbocycles. The number of amides is 5. The first-order valence-corrected chi connectivity index (χ1v) is 21.6. The number of anilines is 1.